The number of aryl methyl sites for hydroxylation is 1. The molecular weight excluding hydrogens is 281 g/mol. The first-order valence-corrected chi connectivity index (χ1v) is 5.83. The lowest BCUT2D eigenvalue weighted by molar-refractivity contribution is 0.0690. The Hall–Kier alpha value is -2.09. The fraction of sp³-hybridized carbons (Fsp3) is 0.0909. The smallest absolute Gasteiger partial charge is 0.355 e. The molecule has 0 saturated carbocycles. The molecule has 1 heterocycles. The molecule has 4 nitrogen and oxygen atoms in total. The summed E-state index contributed by atoms with van der Waals surface area (Å²) in [7, 11) is 0. The molecule has 1 aromatic heterocycles. The summed E-state index contributed by atoms with van der Waals surface area (Å²) < 4.78 is 39.1. The van der Waals surface area contributed by atoms with Crippen molar-refractivity contribution in [2.24, 2.45) is 0 Å². The van der Waals surface area contributed by atoms with Crippen molar-refractivity contribution in [3.05, 3.63) is 40.2 Å². The number of rotatable bonds is 3. The summed E-state index contributed by atoms with van der Waals surface area (Å²) in [5.41, 5.74) is -0.486. The average molecular weight is 288 g/mol. The zero-order chi connectivity index (χ0) is 14.2. The fourth-order valence-corrected chi connectivity index (χ4v) is 2.20. The highest BCUT2D eigenvalue weighted by Crippen LogP contribution is 2.28. The normalized spacial score (nSPS) is 10.5. The maximum Gasteiger partial charge on any atom is 0.355 e. The monoisotopic (exact) mass is 288 g/mol. The molecule has 19 heavy (non-hydrogen) atoms. The third-order valence-electron chi connectivity index (χ3n) is 2.28. The van der Waals surface area contributed by atoms with E-state index in [1.807, 2.05) is 0 Å². The Labute approximate surface area is 109 Å². The third kappa shape index (κ3) is 2.53. The van der Waals surface area contributed by atoms with E-state index in [1.165, 1.54) is 6.92 Å². The number of hydrogen-bond donors (Lipinski definition) is 2. The van der Waals surface area contributed by atoms with Gasteiger partial charge in [0.25, 0.3) is 0 Å². The number of benzene rings is 1. The van der Waals surface area contributed by atoms with Gasteiger partial charge in [-0.3, -0.25) is 0 Å². The molecule has 2 aromatic rings. The fourth-order valence-electron chi connectivity index (χ4n) is 1.39. The summed E-state index contributed by atoms with van der Waals surface area (Å²) in [6.45, 7) is 1.54. The largest absolute Gasteiger partial charge is 0.476 e. The standard InChI is InChI=1S/C11H7F3N2O2S/c1-4-9(10(17)18)16-11(19-4)15-6-3-2-5(12)7(13)8(6)14/h2-3H,1H3,(H,15,16)(H,17,18). The zero-order valence-electron chi connectivity index (χ0n) is 9.50. The van der Waals surface area contributed by atoms with Crippen molar-refractivity contribution in [1.29, 1.82) is 0 Å². The van der Waals surface area contributed by atoms with Gasteiger partial charge in [-0.2, -0.15) is 0 Å². The van der Waals surface area contributed by atoms with Crippen LogP contribution in [0, 0.1) is 24.4 Å². The van der Waals surface area contributed by atoms with Gasteiger partial charge in [0.15, 0.2) is 28.3 Å². The molecule has 2 N–H and O–H groups in total. The Balaban J connectivity index is 2.34. The van der Waals surface area contributed by atoms with Gasteiger partial charge in [0.2, 0.25) is 0 Å². The molecule has 0 aliphatic rings. The molecule has 0 aliphatic heterocycles. The molecule has 8 heteroatoms. The first kappa shape index (κ1) is 13.3. The molecule has 0 radical (unpaired) electrons. The van der Waals surface area contributed by atoms with Crippen LogP contribution in [0.25, 0.3) is 0 Å². The quantitative estimate of drug-likeness (QED) is 0.851. The van der Waals surface area contributed by atoms with Gasteiger partial charge in [0.1, 0.15) is 0 Å². The Bertz CT molecular complexity index is 658. The van der Waals surface area contributed by atoms with Gasteiger partial charge in [-0.25, -0.2) is 22.9 Å². The summed E-state index contributed by atoms with van der Waals surface area (Å²) in [5.74, 6) is -5.50. The van der Waals surface area contributed by atoms with Crippen molar-refractivity contribution >= 4 is 28.1 Å². The van der Waals surface area contributed by atoms with Crippen LogP contribution in [-0.4, -0.2) is 16.1 Å². The lowest BCUT2D eigenvalue weighted by atomic mass is 10.3. The molecule has 0 spiro atoms. The number of nitrogens with zero attached hydrogens (tertiary/aromatic N) is 1. The highest BCUT2D eigenvalue weighted by Gasteiger charge is 2.17. The number of anilines is 2. The van der Waals surface area contributed by atoms with Crippen molar-refractivity contribution in [3.8, 4) is 0 Å². The number of carbonyl (C=O) groups is 1. The molecule has 0 atom stereocenters. The second kappa shape index (κ2) is 4.88. The molecule has 0 fully saturated rings. The summed E-state index contributed by atoms with van der Waals surface area (Å²) in [5, 5.41) is 11.3. The number of aromatic carboxylic acids is 1. The van der Waals surface area contributed by atoms with Gasteiger partial charge in [0.05, 0.1) is 5.69 Å². The topological polar surface area (TPSA) is 62.2 Å². The summed E-state index contributed by atoms with van der Waals surface area (Å²) in [6, 6.07) is 1.77. The van der Waals surface area contributed by atoms with Crippen LogP contribution >= 0.6 is 11.3 Å². The minimum absolute atomic E-state index is 0.0832. The van der Waals surface area contributed by atoms with Crippen LogP contribution in [0.1, 0.15) is 15.4 Å². The molecular formula is C11H7F3N2O2S. The van der Waals surface area contributed by atoms with E-state index in [0.717, 1.165) is 23.5 Å². The molecule has 1 aromatic carbocycles. The molecule has 100 valence electrons. The molecule has 2 rings (SSSR count). The van der Waals surface area contributed by atoms with E-state index in [2.05, 4.69) is 10.3 Å². The Morgan fingerprint density at radius 2 is 2.00 bits per heavy atom. The van der Waals surface area contributed by atoms with Crippen LogP contribution in [0.2, 0.25) is 0 Å². The molecule has 0 amide bonds. The second-order valence-electron chi connectivity index (χ2n) is 3.58. The van der Waals surface area contributed by atoms with Crippen LogP contribution in [0.3, 0.4) is 0 Å². The second-order valence-corrected chi connectivity index (χ2v) is 4.78. The maximum absolute atomic E-state index is 13.4. The van der Waals surface area contributed by atoms with Crippen molar-refractivity contribution < 1.29 is 23.1 Å². The highest BCUT2D eigenvalue weighted by molar-refractivity contribution is 7.15. The van der Waals surface area contributed by atoms with Gasteiger partial charge in [-0.15, -0.1) is 11.3 Å². The predicted molar refractivity (Wildman–Crippen MR) is 63.4 cm³/mol. The average Bonchev–Trinajstić information content (AvgIpc) is 2.71. The van der Waals surface area contributed by atoms with Gasteiger partial charge in [-0.05, 0) is 19.1 Å². The van der Waals surface area contributed by atoms with E-state index < -0.39 is 23.4 Å². The summed E-state index contributed by atoms with van der Waals surface area (Å²) in [4.78, 5) is 14.9. The molecule has 0 bridgehead atoms. The van der Waals surface area contributed by atoms with Crippen molar-refractivity contribution in [3.63, 3.8) is 0 Å². The lowest BCUT2D eigenvalue weighted by Gasteiger charge is -2.04. The van der Waals surface area contributed by atoms with Crippen molar-refractivity contribution in [2.75, 3.05) is 5.32 Å². The van der Waals surface area contributed by atoms with E-state index in [0.29, 0.717) is 4.88 Å². The van der Waals surface area contributed by atoms with Gasteiger partial charge in [0, 0.05) is 4.88 Å². The summed E-state index contributed by atoms with van der Waals surface area (Å²) >= 11 is 0.970. The number of carboxylic acids is 1. The number of hydrogen-bond acceptors (Lipinski definition) is 4. The predicted octanol–water partition coefficient (Wildman–Crippen LogP) is 3.31. The molecule has 0 unspecified atom stereocenters. The summed E-state index contributed by atoms with van der Waals surface area (Å²) in [6.07, 6.45) is 0. The lowest BCUT2D eigenvalue weighted by Crippen LogP contribution is -2.01. The van der Waals surface area contributed by atoms with Crippen LogP contribution in [0.5, 0.6) is 0 Å². The number of carboxylic acid groups (broad SMARTS) is 1. The Morgan fingerprint density at radius 1 is 1.32 bits per heavy atom. The van der Waals surface area contributed by atoms with E-state index >= 15 is 0 Å². The van der Waals surface area contributed by atoms with Crippen LogP contribution < -0.4 is 5.32 Å². The first-order chi connectivity index (χ1) is 8.90. The van der Waals surface area contributed by atoms with E-state index in [1.54, 1.807) is 0 Å². The molecule has 0 saturated heterocycles. The van der Waals surface area contributed by atoms with E-state index in [4.69, 9.17) is 5.11 Å². The number of halogens is 3. The minimum atomic E-state index is -1.60. The van der Waals surface area contributed by atoms with E-state index in [9.17, 15) is 18.0 Å². The molecule has 0 aliphatic carbocycles. The Kier molecular flexibility index (Phi) is 3.43. The van der Waals surface area contributed by atoms with Crippen LogP contribution in [0.15, 0.2) is 12.1 Å². The van der Waals surface area contributed by atoms with Crippen molar-refractivity contribution in [2.45, 2.75) is 6.92 Å². The SMILES string of the molecule is Cc1sc(Nc2ccc(F)c(F)c2F)nc1C(=O)O. The van der Waals surface area contributed by atoms with Gasteiger partial charge >= 0.3 is 5.97 Å². The minimum Gasteiger partial charge on any atom is -0.476 e. The van der Waals surface area contributed by atoms with Crippen LogP contribution in [-0.2, 0) is 0 Å². The number of nitrogens with one attached hydrogen (secondary N) is 1. The number of aromatic nitrogens is 1. The third-order valence-corrected chi connectivity index (χ3v) is 3.16. The Morgan fingerprint density at radius 3 is 2.58 bits per heavy atom. The van der Waals surface area contributed by atoms with Gasteiger partial charge in [-0.1, -0.05) is 0 Å². The zero-order valence-corrected chi connectivity index (χ0v) is 10.3. The van der Waals surface area contributed by atoms with Crippen LogP contribution in [0.4, 0.5) is 24.0 Å². The first-order valence-electron chi connectivity index (χ1n) is 5.01. The van der Waals surface area contributed by atoms with Crippen molar-refractivity contribution in [1.82, 2.24) is 4.98 Å². The van der Waals surface area contributed by atoms with Gasteiger partial charge < -0.3 is 10.4 Å². The maximum atomic E-state index is 13.4. The number of thiazole rings is 1. The van der Waals surface area contributed by atoms with E-state index in [-0.39, 0.29) is 16.5 Å². The highest BCUT2D eigenvalue weighted by atomic mass is 32.1.